The maximum absolute atomic E-state index is 13.4. The van der Waals surface area contributed by atoms with Gasteiger partial charge in [0.1, 0.15) is 12.1 Å². The summed E-state index contributed by atoms with van der Waals surface area (Å²) in [6, 6.07) is 7.30. The molecular weight excluding hydrogens is 364 g/mol. The monoisotopic (exact) mass is 383 g/mol. The summed E-state index contributed by atoms with van der Waals surface area (Å²) in [4.78, 5) is 22.7. The first-order valence-corrected chi connectivity index (χ1v) is 9.03. The molecule has 144 valence electrons. The first kappa shape index (κ1) is 18.1. The SMILES string of the molecule is O=C(NCC1CCN(c2ccc(F)c(F)c2)C1)c1ccnc(-n2ccnc2)c1. The van der Waals surface area contributed by atoms with Crippen LogP contribution in [0.3, 0.4) is 0 Å². The van der Waals surface area contributed by atoms with E-state index in [1.165, 1.54) is 6.07 Å². The van der Waals surface area contributed by atoms with E-state index < -0.39 is 11.6 Å². The van der Waals surface area contributed by atoms with Gasteiger partial charge in [0.25, 0.3) is 5.91 Å². The molecule has 0 aliphatic carbocycles. The maximum atomic E-state index is 13.4. The Morgan fingerprint density at radius 2 is 2.07 bits per heavy atom. The van der Waals surface area contributed by atoms with Gasteiger partial charge in [-0.1, -0.05) is 0 Å². The standard InChI is InChI=1S/C20H19F2N5O/c21-17-2-1-16(10-18(17)22)26-7-4-14(12-26)11-25-20(28)15-3-5-24-19(9-15)27-8-6-23-13-27/h1-3,5-6,8-10,13-14H,4,7,11-12H2,(H,25,28). The number of pyridine rings is 1. The largest absolute Gasteiger partial charge is 0.371 e. The van der Waals surface area contributed by atoms with Gasteiger partial charge >= 0.3 is 0 Å². The number of hydrogen-bond donors (Lipinski definition) is 1. The Morgan fingerprint density at radius 3 is 2.86 bits per heavy atom. The van der Waals surface area contributed by atoms with Gasteiger partial charge in [0.15, 0.2) is 11.6 Å². The van der Waals surface area contributed by atoms with Crippen molar-refractivity contribution < 1.29 is 13.6 Å². The van der Waals surface area contributed by atoms with Crippen LogP contribution in [0.5, 0.6) is 0 Å². The van der Waals surface area contributed by atoms with E-state index in [4.69, 9.17) is 0 Å². The summed E-state index contributed by atoms with van der Waals surface area (Å²) in [5.74, 6) is -1.00. The highest BCUT2D eigenvalue weighted by atomic mass is 19.2. The van der Waals surface area contributed by atoms with E-state index in [0.29, 0.717) is 30.2 Å². The number of carbonyl (C=O) groups is 1. The lowest BCUT2D eigenvalue weighted by molar-refractivity contribution is 0.0948. The van der Waals surface area contributed by atoms with Gasteiger partial charge in [-0.3, -0.25) is 9.36 Å². The van der Waals surface area contributed by atoms with Gasteiger partial charge in [-0.15, -0.1) is 0 Å². The average molecular weight is 383 g/mol. The minimum atomic E-state index is -0.848. The summed E-state index contributed by atoms with van der Waals surface area (Å²) < 4.78 is 28.3. The Bertz CT molecular complexity index is 976. The molecule has 0 saturated carbocycles. The van der Waals surface area contributed by atoms with Crippen molar-refractivity contribution in [3.8, 4) is 5.82 Å². The van der Waals surface area contributed by atoms with E-state index >= 15 is 0 Å². The van der Waals surface area contributed by atoms with E-state index in [1.54, 1.807) is 47.7 Å². The van der Waals surface area contributed by atoms with Crippen LogP contribution in [0, 0.1) is 17.6 Å². The molecule has 2 aromatic heterocycles. The number of nitrogens with zero attached hydrogens (tertiary/aromatic N) is 4. The van der Waals surface area contributed by atoms with Crippen LogP contribution in [0.2, 0.25) is 0 Å². The Balaban J connectivity index is 1.34. The van der Waals surface area contributed by atoms with Crippen molar-refractivity contribution >= 4 is 11.6 Å². The second-order valence-electron chi connectivity index (χ2n) is 6.78. The number of aromatic nitrogens is 3. The van der Waals surface area contributed by atoms with Crippen LogP contribution in [0.25, 0.3) is 5.82 Å². The molecule has 1 aliphatic rings. The summed E-state index contributed by atoms with van der Waals surface area (Å²) in [7, 11) is 0. The van der Waals surface area contributed by atoms with Crippen LogP contribution in [-0.2, 0) is 0 Å². The van der Waals surface area contributed by atoms with Gasteiger partial charge in [-0.05, 0) is 36.6 Å². The fourth-order valence-electron chi connectivity index (χ4n) is 3.35. The van der Waals surface area contributed by atoms with Crippen molar-refractivity contribution in [3.05, 3.63) is 72.4 Å². The van der Waals surface area contributed by atoms with Crippen LogP contribution < -0.4 is 10.2 Å². The molecule has 0 radical (unpaired) electrons. The molecule has 4 rings (SSSR count). The Labute approximate surface area is 160 Å². The molecular formula is C20H19F2N5O. The third-order valence-electron chi connectivity index (χ3n) is 4.88. The molecule has 28 heavy (non-hydrogen) atoms. The van der Waals surface area contributed by atoms with Crippen LogP contribution in [-0.4, -0.2) is 40.1 Å². The lowest BCUT2D eigenvalue weighted by Gasteiger charge is -2.19. The minimum Gasteiger partial charge on any atom is -0.371 e. The summed E-state index contributed by atoms with van der Waals surface area (Å²) in [5.41, 5.74) is 1.18. The highest BCUT2D eigenvalue weighted by Crippen LogP contribution is 2.25. The molecule has 1 aliphatic heterocycles. The van der Waals surface area contributed by atoms with Crippen molar-refractivity contribution in [3.63, 3.8) is 0 Å². The first-order valence-electron chi connectivity index (χ1n) is 9.03. The molecule has 0 spiro atoms. The molecule has 1 saturated heterocycles. The van der Waals surface area contributed by atoms with Gasteiger partial charge < -0.3 is 10.2 Å². The lowest BCUT2D eigenvalue weighted by atomic mass is 10.1. The van der Waals surface area contributed by atoms with E-state index in [-0.39, 0.29) is 11.8 Å². The second kappa shape index (κ2) is 7.75. The van der Waals surface area contributed by atoms with E-state index in [0.717, 1.165) is 19.0 Å². The zero-order valence-corrected chi connectivity index (χ0v) is 15.1. The minimum absolute atomic E-state index is 0.171. The predicted molar refractivity (Wildman–Crippen MR) is 100 cm³/mol. The van der Waals surface area contributed by atoms with Crippen LogP contribution in [0.15, 0.2) is 55.2 Å². The zero-order valence-electron chi connectivity index (χ0n) is 15.1. The van der Waals surface area contributed by atoms with E-state index in [9.17, 15) is 13.6 Å². The molecule has 1 fully saturated rings. The number of anilines is 1. The highest BCUT2D eigenvalue weighted by Gasteiger charge is 2.24. The number of hydrogen-bond acceptors (Lipinski definition) is 4. The average Bonchev–Trinajstić information content (AvgIpc) is 3.40. The van der Waals surface area contributed by atoms with Gasteiger partial charge in [0, 0.05) is 55.5 Å². The summed E-state index contributed by atoms with van der Waals surface area (Å²) in [5, 5.41) is 2.95. The molecule has 1 atom stereocenters. The molecule has 1 aromatic carbocycles. The number of imidazole rings is 1. The van der Waals surface area contributed by atoms with Crippen molar-refractivity contribution in [2.75, 3.05) is 24.5 Å². The molecule has 0 bridgehead atoms. The van der Waals surface area contributed by atoms with E-state index in [1.807, 2.05) is 4.90 Å². The summed E-state index contributed by atoms with van der Waals surface area (Å²) in [6.07, 6.45) is 7.48. The molecule has 8 heteroatoms. The summed E-state index contributed by atoms with van der Waals surface area (Å²) in [6.45, 7) is 1.94. The van der Waals surface area contributed by atoms with Crippen molar-refractivity contribution in [1.82, 2.24) is 19.9 Å². The van der Waals surface area contributed by atoms with Gasteiger partial charge in [-0.2, -0.15) is 0 Å². The topological polar surface area (TPSA) is 63.1 Å². The van der Waals surface area contributed by atoms with Crippen LogP contribution in [0.1, 0.15) is 16.8 Å². The van der Waals surface area contributed by atoms with Gasteiger partial charge in [0.05, 0.1) is 0 Å². The number of nitrogens with one attached hydrogen (secondary N) is 1. The molecule has 1 unspecified atom stereocenters. The smallest absolute Gasteiger partial charge is 0.251 e. The first-order chi connectivity index (χ1) is 13.6. The zero-order chi connectivity index (χ0) is 19.5. The van der Waals surface area contributed by atoms with Crippen molar-refractivity contribution in [2.45, 2.75) is 6.42 Å². The highest BCUT2D eigenvalue weighted by molar-refractivity contribution is 5.94. The van der Waals surface area contributed by atoms with E-state index in [2.05, 4.69) is 15.3 Å². The number of amides is 1. The predicted octanol–water partition coefficient (Wildman–Crippen LogP) is 2.80. The van der Waals surface area contributed by atoms with Crippen molar-refractivity contribution in [1.29, 1.82) is 0 Å². The lowest BCUT2D eigenvalue weighted by Crippen LogP contribution is -2.31. The van der Waals surface area contributed by atoms with Gasteiger partial charge in [-0.25, -0.2) is 18.7 Å². The fourth-order valence-corrected chi connectivity index (χ4v) is 3.35. The number of carbonyl (C=O) groups excluding carboxylic acids is 1. The van der Waals surface area contributed by atoms with Crippen LogP contribution in [0.4, 0.5) is 14.5 Å². The third-order valence-corrected chi connectivity index (χ3v) is 4.88. The molecule has 3 aromatic rings. The normalized spacial score (nSPS) is 16.4. The molecule has 3 heterocycles. The Hall–Kier alpha value is -3.29. The Kier molecular flexibility index (Phi) is 5.01. The van der Waals surface area contributed by atoms with Crippen molar-refractivity contribution in [2.24, 2.45) is 5.92 Å². The molecule has 1 N–H and O–H groups in total. The molecule has 1 amide bonds. The number of halogens is 2. The van der Waals surface area contributed by atoms with Crippen LogP contribution >= 0.6 is 0 Å². The van der Waals surface area contributed by atoms with Gasteiger partial charge in [0.2, 0.25) is 0 Å². The summed E-state index contributed by atoms with van der Waals surface area (Å²) >= 11 is 0. The fraction of sp³-hybridized carbons (Fsp3) is 0.250. The second-order valence-corrected chi connectivity index (χ2v) is 6.78. The Morgan fingerprint density at radius 1 is 1.18 bits per heavy atom. The maximum Gasteiger partial charge on any atom is 0.251 e. The number of benzene rings is 1. The molecule has 6 nitrogen and oxygen atoms in total. The quantitative estimate of drug-likeness (QED) is 0.736. The number of rotatable bonds is 5. The third kappa shape index (κ3) is 3.85.